The molecule has 2 aromatic carbocycles. The Hall–Kier alpha value is -2.97. The van der Waals surface area contributed by atoms with Gasteiger partial charge in [-0.2, -0.15) is 5.10 Å². The zero-order valence-electron chi connectivity index (χ0n) is 14.6. The van der Waals surface area contributed by atoms with E-state index in [1.54, 1.807) is 25.1 Å². The number of carbonyl (C=O) groups is 1. The van der Waals surface area contributed by atoms with Crippen molar-refractivity contribution in [2.24, 2.45) is 5.14 Å². The summed E-state index contributed by atoms with van der Waals surface area (Å²) in [6.07, 6.45) is 0.156. The van der Waals surface area contributed by atoms with Crippen molar-refractivity contribution < 1.29 is 18.3 Å². The lowest BCUT2D eigenvalue weighted by atomic mass is 9.80. The van der Waals surface area contributed by atoms with Gasteiger partial charge in [-0.05, 0) is 37.1 Å². The smallest absolute Gasteiger partial charge is 0.315 e. The summed E-state index contributed by atoms with van der Waals surface area (Å²) >= 11 is 0. The monoisotopic (exact) mass is 385 g/mol. The summed E-state index contributed by atoms with van der Waals surface area (Å²) in [5.41, 5.74) is 1.41. The third kappa shape index (κ3) is 3.91. The van der Waals surface area contributed by atoms with Crippen molar-refractivity contribution in [3.63, 3.8) is 0 Å². The average molecular weight is 385 g/mol. The molecule has 0 saturated carbocycles. The lowest BCUT2D eigenvalue weighted by molar-refractivity contribution is -0.143. The van der Waals surface area contributed by atoms with E-state index < -0.39 is 21.4 Å². The highest BCUT2D eigenvalue weighted by molar-refractivity contribution is 7.89. The van der Waals surface area contributed by atoms with E-state index in [1.807, 2.05) is 30.3 Å². The van der Waals surface area contributed by atoms with Gasteiger partial charge in [0.15, 0.2) is 0 Å². The minimum absolute atomic E-state index is 0.0174. The number of nitrogens with zero attached hydrogens (tertiary/aromatic N) is 1. The topological polar surface area (TPSA) is 126 Å². The van der Waals surface area contributed by atoms with Crippen LogP contribution in [0.1, 0.15) is 18.2 Å². The maximum absolute atomic E-state index is 12.0. The Bertz CT molecular complexity index is 1060. The summed E-state index contributed by atoms with van der Waals surface area (Å²) in [5.74, 6) is -1.01. The minimum Gasteiger partial charge on any atom is -0.481 e. The van der Waals surface area contributed by atoms with Gasteiger partial charge in [0.05, 0.1) is 16.3 Å². The molecule has 0 bridgehead atoms. The maximum Gasteiger partial charge on any atom is 0.315 e. The third-order valence-corrected chi connectivity index (χ3v) is 5.45. The van der Waals surface area contributed by atoms with E-state index in [-0.39, 0.29) is 11.3 Å². The van der Waals surface area contributed by atoms with Crippen molar-refractivity contribution in [2.45, 2.75) is 23.7 Å². The van der Waals surface area contributed by atoms with Gasteiger partial charge >= 0.3 is 5.97 Å². The van der Waals surface area contributed by atoms with Gasteiger partial charge in [-0.15, -0.1) is 0 Å². The zero-order chi connectivity index (χ0) is 19.7. The molecule has 3 rings (SSSR count). The van der Waals surface area contributed by atoms with Crippen LogP contribution >= 0.6 is 0 Å². The maximum atomic E-state index is 12.0. The molecule has 0 fully saturated rings. The molecule has 27 heavy (non-hydrogen) atoms. The zero-order valence-corrected chi connectivity index (χ0v) is 15.4. The molecule has 1 heterocycles. The van der Waals surface area contributed by atoms with E-state index in [0.717, 1.165) is 5.56 Å². The molecule has 0 aliphatic rings. The van der Waals surface area contributed by atoms with E-state index in [2.05, 4.69) is 10.2 Å². The van der Waals surface area contributed by atoms with Crippen LogP contribution in [-0.4, -0.2) is 29.7 Å². The third-order valence-electron chi connectivity index (χ3n) is 4.52. The Labute approximate surface area is 156 Å². The lowest BCUT2D eigenvalue weighted by Gasteiger charge is -2.23. The minimum atomic E-state index is -3.79. The van der Waals surface area contributed by atoms with Gasteiger partial charge < -0.3 is 5.11 Å². The Morgan fingerprint density at radius 3 is 2.33 bits per heavy atom. The number of primary sulfonamides is 1. The molecular weight excluding hydrogens is 366 g/mol. The Morgan fingerprint density at radius 1 is 1.15 bits per heavy atom. The highest BCUT2D eigenvalue weighted by Crippen LogP contribution is 2.30. The molecular formula is C19H19N3O4S. The van der Waals surface area contributed by atoms with Crippen LogP contribution in [0.4, 0.5) is 0 Å². The molecule has 3 aromatic rings. The first-order valence-corrected chi connectivity index (χ1v) is 9.71. The van der Waals surface area contributed by atoms with Crippen LogP contribution in [-0.2, 0) is 26.7 Å². The molecule has 0 saturated heterocycles. The molecule has 7 nitrogen and oxygen atoms in total. The van der Waals surface area contributed by atoms with Gasteiger partial charge in [-0.25, -0.2) is 13.6 Å². The van der Waals surface area contributed by atoms with Crippen LogP contribution in [0.15, 0.2) is 65.6 Å². The summed E-state index contributed by atoms with van der Waals surface area (Å²) < 4.78 is 22.7. The fourth-order valence-electron chi connectivity index (χ4n) is 2.85. The Morgan fingerprint density at radius 2 is 1.78 bits per heavy atom. The molecule has 1 aromatic heterocycles. The second-order valence-corrected chi connectivity index (χ2v) is 8.10. The van der Waals surface area contributed by atoms with Crippen molar-refractivity contribution in [1.29, 1.82) is 0 Å². The number of benzene rings is 2. The SMILES string of the molecule is CC(Cc1ccc(S(N)(=O)=O)cc1)(C(=O)O)c1cc(-c2ccccc2)n[nH]1. The number of rotatable bonds is 6. The number of H-pyrrole nitrogens is 1. The van der Waals surface area contributed by atoms with E-state index >= 15 is 0 Å². The number of carboxylic acid groups (broad SMARTS) is 1. The van der Waals surface area contributed by atoms with Crippen molar-refractivity contribution in [2.75, 3.05) is 0 Å². The molecule has 0 radical (unpaired) electrons. The summed E-state index contributed by atoms with van der Waals surface area (Å²) in [5, 5.41) is 22.0. The summed E-state index contributed by atoms with van der Waals surface area (Å²) in [7, 11) is -3.79. The second-order valence-electron chi connectivity index (χ2n) is 6.54. The predicted octanol–water partition coefficient (Wildman–Crippen LogP) is 2.31. The fourth-order valence-corrected chi connectivity index (χ4v) is 3.37. The van der Waals surface area contributed by atoms with Crippen LogP contribution in [0.25, 0.3) is 11.3 Å². The quantitative estimate of drug-likeness (QED) is 0.600. The molecule has 0 spiro atoms. The van der Waals surface area contributed by atoms with Crippen LogP contribution in [0.5, 0.6) is 0 Å². The van der Waals surface area contributed by atoms with Crippen LogP contribution in [0.3, 0.4) is 0 Å². The van der Waals surface area contributed by atoms with Gasteiger partial charge in [0, 0.05) is 5.56 Å². The molecule has 140 valence electrons. The van der Waals surface area contributed by atoms with Crippen molar-refractivity contribution in [3.8, 4) is 11.3 Å². The number of hydrogen-bond donors (Lipinski definition) is 3. The summed E-state index contributed by atoms with van der Waals surface area (Å²) in [4.78, 5) is 12.0. The molecule has 0 aliphatic heterocycles. The van der Waals surface area contributed by atoms with Gasteiger partial charge in [-0.3, -0.25) is 9.89 Å². The lowest BCUT2D eigenvalue weighted by Crippen LogP contribution is -2.35. The molecule has 1 atom stereocenters. The van der Waals surface area contributed by atoms with Gasteiger partial charge in [-0.1, -0.05) is 42.5 Å². The first-order chi connectivity index (χ1) is 12.7. The number of aliphatic carboxylic acids is 1. The molecule has 8 heteroatoms. The number of nitrogens with two attached hydrogens (primary N) is 1. The van der Waals surface area contributed by atoms with E-state index in [1.165, 1.54) is 12.1 Å². The van der Waals surface area contributed by atoms with Crippen LogP contribution < -0.4 is 5.14 Å². The number of sulfonamides is 1. The fraction of sp³-hybridized carbons (Fsp3) is 0.158. The molecule has 1 unspecified atom stereocenters. The highest BCUT2D eigenvalue weighted by Gasteiger charge is 2.37. The first-order valence-electron chi connectivity index (χ1n) is 8.16. The largest absolute Gasteiger partial charge is 0.481 e. The van der Waals surface area contributed by atoms with E-state index in [9.17, 15) is 18.3 Å². The highest BCUT2D eigenvalue weighted by atomic mass is 32.2. The number of aromatic amines is 1. The summed E-state index contributed by atoms with van der Waals surface area (Å²) in [6, 6.07) is 17.0. The van der Waals surface area contributed by atoms with Gasteiger partial charge in [0.1, 0.15) is 5.41 Å². The Kier molecular flexibility index (Phi) is 4.86. The second kappa shape index (κ2) is 6.98. The molecule has 0 amide bonds. The van der Waals surface area contributed by atoms with E-state index in [4.69, 9.17) is 5.14 Å². The number of aromatic nitrogens is 2. The first kappa shape index (κ1) is 18.8. The Balaban J connectivity index is 1.93. The van der Waals surface area contributed by atoms with Crippen molar-refractivity contribution in [3.05, 3.63) is 71.9 Å². The predicted molar refractivity (Wildman–Crippen MR) is 101 cm³/mol. The number of hydrogen-bond acceptors (Lipinski definition) is 4. The normalized spacial score (nSPS) is 13.9. The number of nitrogens with one attached hydrogen (secondary N) is 1. The molecule has 4 N–H and O–H groups in total. The standard InChI is InChI=1S/C19H19N3O4S/c1-19(18(23)24,12-13-7-9-15(10-8-13)27(20,25)26)17-11-16(21-22-17)14-5-3-2-4-6-14/h2-11H,12H2,1H3,(H,21,22)(H,23,24)(H2,20,25,26). The van der Waals surface area contributed by atoms with Gasteiger partial charge in [0.2, 0.25) is 10.0 Å². The van der Waals surface area contributed by atoms with Gasteiger partial charge in [0.25, 0.3) is 0 Å². The van der Waals surface area contributed by atoms with Crippen LogP contribution in [0, 0.1) is 0 Å². The average Bonchev–Trinajstić information content (AvgIpc) is 3.12. The van der Waals surface area contributed by atoms with Crippen molar-refractivity contribution in [1.82, 2.24) is 10.2 Å². The van der Waals surface area contributed by atoms with Crippen molar-refractivity contribution >= 4 is 16.0 Å². The van der Waals surface area contributed by atoms with E-state index in [0.29, 0.717) is 17.0 Å². The molecule has 0 aliphatic carbocycles. The summed E-state index contributed by atoms with van der Waals surface area (Å²) in [6.45, 7) is 1.60. The van der Waals surface area contributed by atoms with Crippen LogP contribution in [0.2, 0.25) is 0 Å². The number of carboxylic acids is 1.